The number of rotatable bonds is 8. The summed E-state index contributed by atoms with van der Waals surface area (Å²) < 4.78 is 0. The second-order valence-electron chi connectivity index (χ2n) is 4.82. The molecule has 0 radical (unpaired) electrons. The molecule has 0 saturated heterocycles. The van der Waals surface area contributed by atoms with Gasteiger partial charge in [0.25, 0.3) is 0 Å². The Morgan fingerprint density at radius 3 is 2.31 bits per heavy atom. The van der Waals surface area contributed by atoms with Gasteiger partial charge in [0.15, 0.2) is 0 Å². The summed E-state index contributed by atoms with van der Waals surface area (Å²) in [6, 6.07) is 0. The van der Waals surface area contributed by atoms with Gasteiger partial charge in [-0.3, -0.25) is 4.79 Å². The summed E-state index contributed by atoms with van der Waals surface area (Å²) in [5.74, 6) is 0.727. The lowest BCUT2D eigenvalue weighted by atomic mass is 10.2. The lowest BCUT2D eigenvalue weighted by Crippen LogP contribution is -2.43. The molecule has 0 aromatic heterocycles. The van der Waals surface area contributed by atoms with Crippen molar-refractivity contribution >= 4 is 5.91 Å². The molecule has 1 N–H and O–H groups in total. The summed E-state index contributed by atoms with van der Waals surface area (Å²) in [7, 11) is 4.06. The number of nitrogens with one attached hydrogen (secondary N) is 1. The highest BCUT2D eigenvalue weighted by atomic mass is 16.2. The van der Waals surface area contributed by atoms with E-state index in [0.29, 0.717) is 12.5 Å². The van der Waals surface area contributed by atoms with Crippen molar-refractivity contribution in [1.82, 2.24) is 15.1 Å². The lowest BCUT2D eigenvalue weighted by Gasteiger charge is -2.26. The summed E-state index contributed by atoms with van der Waals surface area (Å²) in [6.07, 6.45) is 0. The average Bonchev–Trinajstić information content (AvgIpc) is 2.19. The zero-order valence-electron chi connectivity index (χ0n) is 11.4. The molecule has 0 bridgehead atoms. The fraction of sp³-hybridized carbons (Fsp3) is 0.917. The van der Waals surface area contributed by atoms with E-state index in [1.54, 1.807) is 0 Å². The second-order valence-corrected chi connectivity index (χ2v) is 4.82. The maximum Gasteiger partial charge on any atom is 0.236 e. The van der Waals surface area contributed by atoms with Gasteiger partial charge < -0.3 is 15.1 Å². The minimum Gasteiger partial charge on any atom is -0.340 e. The first-order chi connectivity index (χ1) is 7.47. The van der Waals surface area contributed by atoms with E-state index in [2.05, 4.69) is 24.1 Å². The van der Waals surface area contributed by atoms with E-state index in [0.717, 1.165) is 26.2 Å². The van der Waals surface area contributed by atoms with Crippen LogP contribution in [-0.4, -0.2) is 62.5 Å². The fourth-order valence-electron chi connectivity index (χ4n) is 1.42. The highest BCUT2D eigenvalue weighted by Crippen LogP contribution is 1.99. The Morgan fingerprint density at radius 1 is 1.25 bits per heavy atom. The van der Waals surface area contributed by atoms with Crippen LogP contribution in [0.3, 0.4) is 0 Å². The van der Waals surface area contributed by atoms with Crippen molar-refractivity contribution in [3.8, 4) is 0 Å². The van der Waals surface area contributed by atoms with Gasteiger partial charge in [0.1, 0.15) is 0 Å². The Balaban J connectivity index is 4.12. The molecular formula is C12H27N3O. The number of hydrogen-bond acceptors (Lipinski definition) is 3. The number of nitrogens with zero attached hydrogens (tertiary/aromatic N) is 2. The zero-order chi connectivity index (χ0) is 12.6. The quantitative estimate of drug-likeness (QED) is 0.663. The monoisotopic (exact) mass is 229 g/mol. The smallest absolute Gasteiger partial charge is 0.236 e. The predicted octanol–water partition coefficient (Wildman–Crippen LogP) is 0.642. The molecule has 0 atom stereocenters. The number of amides is 1. The first kappa shape index (κ1) is 15.4. The third-order valence-electron chi connectivity index (χ3n) is 2.28. The normalized spacial score (nSPS) is 11.2. The van der Waals surface area contributed by atoms with Crippen LogP contribution in [0.5, 0.6) is 0 Å². The van der Waals surface area contributed by atoms with Gasteiger partial charge in [-0.2, -0.15) is 0 Å². The van der Waals surface area contributed by atoms with Crippen molar-refractivity contribution in [2.24, 2.45) is 5.92 Å². The maximum atomic E-state index is 11.9. The minimum absolute atomic E-state index is 0.206. The molecule has 0 fully saturated rings. The Labute approximate surface area is 100.0 Å². The van der Waals surface area contributed by atoms with E-state index in [1.165, 1.54) is 0 Å². The van der Waals surface area contributed by atoms with Crippen molar-refractivity contribution in [2.75, 3.05) is 46.8 Å². The van der Waals surface area contributed by atoms with E-state index < -0.39 is 0 Å². The highest BCUT2D eigenvalue weighted by molar-refractivity contribution is 5.78. The molecule has 0 aliphatic rings. The van der Waals surface area contributed by atoms with Gasteiger partial charge in [0, 0.05) is 19.6 Å². The van der Waals surface area contributed by atoms with E-state index in [4.69, 9.17) is 0 Å². The first-order valence-corrected chi connectivity index (χ1v) is 6.10. The van der Waals surface area contributed by atoms with E-state index in [1.807, 2.05) is 25.9 Å². The van der Waals surface area contributed by atoms with Gasteiger partial charge in [-0.15, -0.1) is 0 Å². The van der Waals surface area contributed by atoms with Crippen molar-refractivity contribution < 1.29 is 4.79 Å². The fourth-order valence-corrected chi connectivity index (χ4v) is 1.42. The highest BCUT2D eigenvalue weighted by Gasteiger charge is 2.13. The van der Waals surface area contributed by atoms with Crippen molar-refractivity contribution in [3.63, 3.8) is 0 Å². The van der Waals surface area contributed by atoms with Crippen LogP contribution in [0.1, 0.15) is 20.8 Å². The Morgan fingerprint density at radius 2 is 1.88 bits per heavy atom. The molecule has 0 aliphatic heterocycles. The molecule has 0 unspecified atom stereocenters. The Hall–Kier alpha value is -0.610. The van der Waals surface area contributed by atoms with Crippen LogP contribution in [0.2, 0.25) is 0 Å². The molecule has 4 heteroatoms. The second kappa shape index (κ2) is 8.53. The molecule has 0 heterocycles. The first-order valence-electron chi connectivity index (χ1n) is 6.10. The van der Waals surface area contributed by atoms with E-state index in [9.17, 15) is 4.79 Å². The van der Waals surface area contributed by atoms with Gasteiger partial charge in [0.2, 0.25) is 5.91 Å². The SMILES string of the molecule is CCNCC(=O)N(CCN(C)C)CC(C)C. The van der Waals surface area contributed by atoms with Crippen LogP contribution in [0.15, 0.2) is 0 Å². The molecular weight excluding hydrogens is 202 g/mol. The van der Waals surface area contributed by atoms with Gasteiger partial charge in [-0.1, -0.05) is 20.8 Å². The molecule has 0 saturated carbocycles. The average molecular weight is 229 g/mol. The Kier molecular flexibility index (Phi) is 8.21. The maximum absolute atomic E-state index is 11.9. The zero-order valence-corrected chi connectivity index (χ0v) is 11.4. The van der Waals surface area contributed by atoms with E-state index >= 15 is 0 Å². The molecule has 96 valence electrons. The van der Waals surface area contributed by atoms with E-state index in [-0.39, 0.29) is 5.91 Å². The summed E-state index contributed by atoms with van der Waals surface area (Å²) in [5.41, 5.74) is 0. The third-order valence-corrected chi connectivity index (χ3v) is 2.28. The summed E-state index contributed by atoms with van der Waals surface area (Å²) in [4.78, 5) is 16.0. The molecule has 1 amide bonds. The van der Waals surface area contributed by atoms with Crippen LogP contribution in [0, 0.1) is 5.92 Å². The number of likely N-dealkylation sites (N-methyl/N-ethyl adjacent to an activating group) is 2. The largest absolute Gasteiger partial charge is 0.340 e. The van der Waals surface area contributed by atoms with Crippen LogP contribution in [0.25, 0.3) is 0 Å². The predicted molar refractivity (Wildman–Crippen MR) is 68.5 cm³/mol. The molecule has 0 spiro atoms. The molecule has 0 rings (SSSR count). The van der Waals surface area contributed by atoms with Crippen LogP contribution >= 0.6 is 0 Å². The topological polar surface area (TPSA) is 35.6 Å². The van der Waals surface area contributed by atoms with Crippen molar-refractivity contribution in [2.45, 2.75) is 20.8 Å². The number of carbonyl (C=O) groups is 1. The molecule has 4 nitrogen and oxygen atoms in total. The summed E-state index contributed by atoms with van der Waals surface area (Å²) >= 11 is 0. The lowest BCUT2D eigenvalue weighted by molar-refractivity contribution is -0.130. The van der Waals surface area contributed by atoms with Crippen LogP contribution in [-0.2, 0) is 4.79 Å². The van der Waals surface area contributed by atoms with Crippen LogP contribution in [0.4, 0.5) is 0 Å². The van der Waals surface area contributed by atoms with Crippen molar-refractivity contribution in [1.29, 1.82) is 0 Å². The van der Waals surface area contributed by atoms with Gasteiger partial charge >= 0.3 is 0 Å². The van der Waals surface area contributed by atoms with Crippen LogP contribution < -0.4 is 5.32 Å². The molecule has 0 aromatic carbocycles. The van der Waals surface area contributed by atoms with Gasteiger partial charge in [-0.05, 0) is 26.6 Å². The molecule has 16 heavy (non-hydrogen) atoms. The van der Waals surface area contributed by atoms with Gasteiger partial charge in [0.05, 0.1) is 6.54 Å². The molecule has 0 aliphatic carbocycles. The number of hydrogen-bond donors (Lipinski definition) is 1. The summed E-state index contributed by atoms with van der Waals surface area (Å²) in [6.45, 7) is 10.2. The van der Waals surface area contributed by atoms with Gasteiger partial charge in [-0.25, -0.2) is 0 Å². The third kappa shape index (κ3) is 7.65. The summed E-state index contributed by atoms with van der Waals surface area (Å²) in [5, 5.41) is 3.08. The number of carbonyl (C=O) groups excluding carboxylic acids is 1. The molecule has 0 aromatic rings. The standard InChI is InChI=1S/C12H27N3O/c1-6-13-9-12(16)15(10-11(2)3)8-7-14(4)5/h11,13H,6-10H2,1-5H3. The van der Waals surface area contributed by atoms with Crippen molar-refractivity contribution in [3.05, 3.63) is 0 Å². The Bertz CT molecular complexity index is 193. The minimum atomic E-state index is 0.206.